The van der Waals surface area contributed by atoms with Crippen LogP contribution in [-0.4, -0.2) is 31.4 Å². The Balaban J connectivity index is 4.12. The molecule has 0 aliphatic carbocycles. The van der Waals surface area contributed by atoms with E-state index in [2.05, 4.69) is 4.72 Å². The van der Waals surface area contributed by atoms with Crippen LogP contribution in [0.15, 0.2) is 0 Å². The van der Waals surface area contributed by atoms with Crippen molar-refractivity contribution in [3.8, 4) is 6.07 Å². The molecule has 0 heterocycles. The molecule has 0 saturated carbocycles. The van der Waals surface area contributed by atoms with Gasteiger partial charge in [0.1, 0.15) is 0 Å². The van der Waals surface area contributed by atoms with Crippen molar-refractivity contribution in [1.29, 1.82) is 5.26 Å². The predicted molar refractivity (Wildman–Crippen MR) is 57.5 cm³/mol. The lowest BCUT2D eigenvalue weighted by Gasteiger charge is -2.14. The number of rotatable bonds is 6. The van der Waals surface area contributed by atoms with Gasteiger partial charge in [-0.25, -0.2) is 13.1 Å². The van der Waals surface area contributed by atoms with Crippen molar-refractivity contribution >= 4 is 10.0 Å². The van der Waals surface area contributed by atoms with E-state index in [9.17, 15) is 13.5 Å². The molecule has 2 N–H and O–H groups in total. The minimum Gasteiger partial charge on any atom is -0.392 e. The molecule has 0 rings (SSSR count). The third-order valence-electron chi connectivity index (χ3n) is 1.91. The van der Waals surface area contributed by atoms with E-state index in [0.717, 1.165) is 0 Å². The van der Waals surface area contributed by atoms with Crippen LogP contribution in [-0.2, 0) is 10.0 Å². The van der Waals surface area contributed by atoms with Gasteiger partial charge < -0.3 is 5.11 Å². The first-order valence-electron chi connectivity index (χ1n) is 4.85. The fourth-order valence-corrected chi connectivity index (χ4v) is 1.85. The molecular weight excluding hydrogens is 216 g/mol. The maximum Gasteiger partial charge on any atom is 0.227 e. The number of hydrogen-bond acceptors (Lipinski definition) is 4. The van der Waals surface area contributed by atoms with Crippen molar-refractivity contribution in [2.75, 3.05) is 6.54 Å². The molecule has 5 nitrogen and oxygen atoms in total. The Morgan fingerprint density at radius 1 is 1.40 bits per heavy atom. The zero-order valence-electron chi connectivity index (χ0n) is 9.27. The van der Waals surface area contributed by atoms with E-state index in [4.69, 9.17) is 5.26 Å². The zero-order valence-corrected chi connectivity index (χ0v) is 10.1. The van der Waals surface area contributed by atoms with E-state index in [1.54, 1.807) is 6.07 Å². The lowest BCUT2D eigenvalue weighted by atomic mass is 10.1. The van der Waals surface area contributed by atoms with Gasteiger partial charge in [0.15, 0.2) is 5.25 Å². The fourth-order valence-electron chi connectivity index (χ4n) is 1.03. The maximum absolute atomic E-state index is 11.3. The number of hydrogen-bond donors (Lipinski definition) is 2. The monoisotopic (exact) mass is 234 g/mol. The Hall–Kier alpha value is -0.640. The van der Waals surface area contributed by atoms with Gasteiger partial charge >= 0.3 is 0 Å². The molecule has 6 heteroatoms. The zero-order chi connectivity index (χ0) is 12.1. The molecule has 0 saturated heterocycles. The molecule has 0 spiro atoms. The highest BCUT2D eigenvalue weighted by Crippen LogP contribution is 2.04. The second-order valence-corrected chi connectivity index (χ2v) is 6.03. The molecule has 0 radical (unpaired) electrons. The summed E-state index contributed by atoms with van der Waals surface area (Å²) >= 11 is 0. The van der Waals surface area contributed by atoms with E-state index >= 15 is 0 Å². The van der Waals surface area contributed by atoms with Gasteiger partial charge in [0.2, 0.25) is 10.0 Å². The predicted octanol–water partition coefficient (Wildman–Crippen LogP) is 0.225. The topological polar surface area (TPSA) is 90.2 Å². The van der Waals surface area contributed by atoms with Crippen LogP contribution in [0.25, 0.3) is 0 Å². The van der Waals surface area contributed by atoms with Crippen molar-refractivity contribution in [1.82, 2.24) is 4.72 Å². The van der Waals surface area contributed by atoms with Gasteiger partial charge in [-0.15, -0.1) is 0 Å². The van der Waals surface area contributed by atoms with Crippen LogP contribution in [0.3, 0.4) is 0 Å². The van der Waals surface area contributed by atoms with Gasteiger partial charge in [-0.1, -0.05) is 13.8 Å². The molecule has 0 amide bonds. The second kappa shape index (κ2) is 6.05. The number of aliphatic hydroxyl groups is 1. The number of aliphatic hydroxyl groups excluding tert-OH is 1. The van der Waals surface area contributed by atoms with E-state index in [0.29, 0.717) is 12.3 Å². The summed E-state index contributed by atoms with van der Waals surface area (Å²) < 4.78 is 24.8. The smallest absolute Gasteiger partial charge is 0.227 e. The highest BCUT2D eigenvalue weighted by molar-refractivity contribution is 7.90. The first kappa shape index (κ1) is 14.4. The van der Waals surface area contributed by atoms with Crippen LogP contribution >= 0.6 is 0 Å². The molecule has 2 atom stereocenters. The van der Waals surface area contributed by atoms with Gasteiger partial charge in [-0.05, 0) is 19.3 Å². The van der Waals surface area contributed by atoms with Crippen molar-refractivity contribution in [3.63, 3.8) is 0 Å². The third kappa shape index (κ3) is 5.72. The molecule has 0 aliphatic rings. The molecular formula is C9H18N2O3S. The van der Waals surface area contributed by atoms with Crippen molar-refractivity contribution < 1.29 is 13.5 Å². The number of sulfonamides is 1. The molecule has 0 aliphatic heterocycles. The van der Waals surface area contributed by atoms with Gasteiger partial charge in [-0.3, -0.25) is 0 Å². The molecule has 0 fully saturated rings. The first-order chi connectivity index (χ1) is 6.79. The first-order valence-corrected chi connectivity index (χ1v) is 6.40. The van der Waals surface area contributed by atoms with E-state index < -0.39 is 21.4 Å². The van der Waals surface area contributed by atoms with Crippen molar-refractivity contribution in [3.05, 3.63) is 0 Å². The average Bonchev–Trinajstić information content (AvgIpc) is 2.12. The summed E-state index contributed by atoms with van der Waals surface area (Å²) in [5.74, 6) is 0.304. The van der Waals surface area contributed by atoms with Gasteiger partial charge in [0.25, 0.3) is 0 Å². The number of nitrogens with zero attached hydrogens (tertiary/aromatic N) is 1. The van der Waals surface area contributed by atoms with E-state index in [1.165, 1.54) is 6.92 Å². The molecule has 15 heavy (non-hydrogen) atoms. The minimum atomic E-state index is -3.61. The Bertz CT molecular complexity index is 319. The molecule has 0 bridgehead atoms. The Morgan fingerprint density at radius 3 is 2.33 bits per heavy atom. The lowest BCUT2D eigenvalue weighted by molar-refractivity contribution is 0.152. The van der Waals surface area contributed by atoms with Crippen LogP contribution in [0, 0.1) is 17.2 Å². The third-order valence-corrected chi connectivity index (χ3v) is 3.52. The van der Waals surface area contributed by atoms with Crippen LogP contribution in [0.4, 0.5) is 0 Å². The van der Waals surface area contributed by atoms with Gasteiger partial charge in [-0.2, -0.15) is 5.26 Å². The molecule has 88 valence electrons. The average molecular weight is 234 g/mol. The summed E-state index contributed by atoms with van der Waals surface area (Å²) in [4.78, 5) is 0. The normalized spacial score (nSPS) is 16.0. The summed E-state index contributed by atoms with van der Waals surface area (Å²) in [7, 11) is -3.61. The van der Waals surface area contributed by atoms with Crippen molar-refractivity contribution in [2.24, 2.45) is 5.92 Å². The number of nitriles is 1. The van der Waals surface area contributed by atoms with E-state index in [1.807, 2.05) is 13.8 Å². The second-order valence-electron chi connectivity index (χ2n) is 3.95. The summed E-state index contributed by atoms with van der Waals surface area (Å²) in [5.41, 5.74) is 0. The lowest BCUT2D eigenvalue weighted by Crippen LogP contribution is -2.37. The standard InChI is InChI=1S/C9H18N2O3S/c1-7(2)4-9(12)6-11-15(13,14)8(3)5-10/h7-9,11-12H,4,6H2,1-3H3. The van der Waals surface area contributed by atoms with Crippen LogP contribution < -0.4 is 4.72 Å². The van der Waals surface area contributed by atoms with Crippen LogP contribution in [0.2, 0.25) is 0 Å². The van der Waals surface area contributed by atoms with Crippen molar-refractivity contribution in [2.45, 2.75) is 38.5 Å². The summed E-state index contributed by atoms with van der Waals surface area (Å²) in [5, 5.41) is 16.8. The Labute approximate surface area is 91.2 Å². The SMILES string of the molecule is CC(C)CC(O)CNS(=O)(=O)C(C)C#N. The highest BCUT2D eigenvalue weighted by atomic mass is 32.2. The van der Waals surface area contributed by atoms with Crippen LogP contribution in [0.5, 0.6) is 0 Å². The van der Waals surface area contributed by atoms with Gasteiger partial charge in [0, 0.05) is 6.54 Å². The highest BCUT2D eigenvalue weighted by Gasteiger charge is 2.20. The van der Waals surface area contributed by atoms with E-state index in [-0.39, 0.29) is 6.54 Å². The molecule has 0 aromatic carbocycles. The Morgan fingerprint density at radius 2 is 1.93 bits per heavy atom. The summed E-state index contributed by atoms with van der Waals surface area (Å²) in [6, 6.07) is 1.64. The van der Waals surface area contributed by atoms with Gasteiger partial charge in [0.05, 0.1) is 12.2 Å². The number of nitrogens with one attached hydrogen (secondary N) is 1. The minimum absolute atomic E-state index is 0.0352. The summed E-state index contributed by atoms with van der Waals surface area (Å²) in [6.07, 6.45) is -0.172. The molecule has 0 aromatic rings. The fraction of sp³-hybridized carbons (Fsp3) is 0.889. The van der Waals surface area contributed by atoms with Crippen LogP contribution in [0.1, 0.15) is 27.2 Å². The molecule has 2 unspecified atom stereocenters. The molecule has 0 aromatic heterocycles. The quantitative estimate of drug-likeness (QED) is 0.688. The largest absolute Gasteiger partial charge is 0.392 e. The Kier molecular flexibility index (Phi) is 5.80. The summed E-state index contributed by atoms with van der Waals surface area (Å²) in [6.45, 7) is 5.15. The maximum atomic E-state index is 11.3.